The fourth-order valence-electron chi connectivity index (χ4n) is 3.33. The molecule has 1 atom stereocenters. The van der Waals surface area contributed by atoms with E-state index >= 15 is 0 Å². The molecule has 132 valence electrons. The zero-order valence-electron chi connectivity index (χ0n) is 13.7. The fourth-order valence-corrected chi connectivity index (χ4v) is 4.08. The normalized spacial score (nSPS) is 20.0. The fraction of sp³-hybridized carbons (Fsp3) is 0.562. The van der Waals surface area contributed by atoms with Gasteiger partial charge in [-0.15, -0.1) is 0 Å². The predicted molar refractivity (Wildman–Crippen MR) is 90.3 cm³/mol. The smallest absolute Gasteiger partial charge is 0.244 e. The summed E-state index contributed by atoms with van der Waals surface area (Å²) in [6.07, 6.45) is 2.27. The van der Waals surface area contributed by atoms with Gasteiger partial charge in [-0.3, -0.25) is 4.79 Å². The van der Waals surface area contributed by atoms with Gasteiger partial charge >= 0.3 is 0 Å². The first-order chi connectivity index (χ1) is 11.4. The number of benzene rings is 1. The van der Waals surface area contributed by atoms with Crippen molar-refractivity contribution in [2.24, 2.45) is 11.7 Å². The maximum absolute atomic E-state index is 12.8. The quantitative estimate of drug-likeness (QED) is 0.807. The number of sulfonamides is 1. The van der Waals surface area contributed by atoms with Crippen LogP contribution in [0.5, 0.6) is 0 Å². The Labute approximate surface area is 142 Å². The Bertz CT molecular complexity index is 729. The minimum atomic E-state index is -3.55. The van der Waals surface area contributed by atoms with Crippen molar-refractivity contribution in [3.05, 3.63) is 23.8 Å². The van der Waals surface area contributed by atoms with Crippen molar-refractivity contribution in [1.82, 2.24) is 4.72 Å². The first-order valence-electron chi connectivity index (χ1n) is 8.15. The second-order valence-corrected chi connectivity index (χ2v) is 8.10. The summed E-state index contributed by atoms with van der Waals surface area (Å²) in [6, 6.07) is 4.32. The van der Waals surface area contributed by atoms with Crippen molar-refractivity contribution in [2.45, 2.75) is 30.2 Å². The summed E-state index contributed by atoms with van der Waals surface area (Å²) in [5, 5.41) is 0. The van der Waals surface area contributed by atoms with Crippen LogP contribution in [-0.4, -0.2) is 47.2 Å². The second-order valence-electron chi connectivity index (χ2n) is 6.21. The lowest BCUT2D eigenvalue weighted by Gasteiger charge is -2.30. The standard InChI is InChI=1S/C16H23N3O4S/c1-18-24(21,22)13-3-2-11-4-7-19(14(11)10-13)16(20)15(17)12-5-8-23-9-6-12/h2-3,10,12,15,18H,4-9,17H2,1H3. The van der Waals surface area contributed by atoms with E-state index in [9.17, 15) is 13.2 Å². The first kappa shape index (κ1) is 17.3. The van der Waals surface area contributed by atoms with Crippen molar-refractivity contribution in [3.63, 3.8) is 0 Å². The van der Waals surface area contributed by atoms with Gasteiger partial charge in [0.05, 0.1) is 10.9 Å². The van der Waals surface area contributed by atoms with E-state index in [0.29, 0.717) is 31.9 Å². The lowest BCUT2D eigenvalue weighted by Crippen LogP contribution is -2.48. The van der Waals surface area contributed by atoms with Crippen molar-refractivity contribution in [2.75, 3.05) is 31.7 Å². The van der Waals surface area contributed by atoms with E-state index in [-0.39, 0.29) is 16.7 Å². The van der Waals surface area contributed by atoms with Crippen LogP contribution in [0.25, 0.3) is 0 Å². The second kappa shape index (κ2) is 6.79. The third kappa shape index (κ3) is 3.19. The number of carbonyl (C=O) groups excluding carboxylic acids is 1. The van der Waals surface area contributed by atoms with Gasteiger partial charge in [0.1, 0.15) is 0 Å². The van der Waals surface area contributed by atoms with E-state index < -0.39 is 16.1 Å². The summed E-state index contributed by atoms with van der Waals surface area (Å²) in [6.45, 7) is 1.80. The molecule has 0 saturated carbocycles. The molecule has 24 heavy (non-hydrogen) atoms. The molecule has 1 saturated heterocycles. The number of anilines is 1. The van der Waals surface area contributed by atoms with Gasteiger partial charge in [-0.05, 0) is 49.9 Å². The highest BCUT2D eigenvalue weighted by atomic mass is 32.2. The van der Waals surface area contributed by atoms with Gasteiger partial charge in [-0.2, -0.15) is 0 Å². The Hall–Kier alpha value is -1.48. The minimum Gasteiger partial charge on any atom is -0.381 e. The van der Waals surface area contributed by atoms with E-state index in [2.05, 4.69) is 4.72 Å². The van der Waals surface area contributed by atoms with Gasteiger partial charge in [-0.25, -0.2) is 13.1 Å². The summed E-state index contributed by atoms with van der Waals surface area (Å²) in [4.78, 5) is 14.6. The Morgan fingerprint density at radius 1 is 1.38 bits per heavy atom. The maximum Gasteiger partial charge on any atom is 0.244 e. The molecule has 0 bridgehead atoms. The monoisotopic (exact) mass is 353 g/mol. The van der Waals surface area contributed by atoms with Crippen LogP contribution in [0.1, 0.15) is 18.4 Å². The van der Waals surface area contributed by atoms with E-state index in [0.717, 1.165) is 18.4 Å². The molecule has 7 nitrogen and oxygen atoms in total. The number of nitrogens with zero attached hydrogens (tertiary/aromatic N) is 1. The lowest BCUT2D eigenvalue weighted by atomic mass is 9.91. The Kier molecular flexibility index (Phi) is 4.91. The van der Waals surface area contributed by atoms with Gasteiger partial charge in [0.2, 0.25) is 15.9 Å². The molecule has 1 aromatic rings. The summed E-state index contributed by atoms with van der Waals surface area (Å²) >= 11 is 0. The molecule has 0 radical (unpaired) electrons. The van der Waals surface area contributed by atoms with Gasteiger partial charge in [0.15, 0.2) is 0 Å². The molecule has 2 aliphatic heterocycles. The van der Waals surface area contributed by atoms with Crippen LogP contribution in [0, 0.1) is 5.92 Å². The molecule has 1 fully saturated rings. The van der Waals surface area contributed by atoms with Crippen molar-refractivity contribution < 1.29 is 17.9 Å². The van der Waals surface area contributed by atoms with Crippen molar-refractivity contribution >= 4 is 21.6 Å². The topological polar surface area (TPSA) is 102 Å². The van der Waals surface area contributed by atoms with Crippen LogP contribution in [0.3, 0.4) is 0 Å². The highest BCUT2D eigenvalue weighted by Crippen LogP contribution is 2.32. The summed E-state index contributed by atoms with van der Waals surface area (Å²) < 4.78 is 31.6. The van der Waals surface area contributed by atoms with Gasteiger partial charge < -0.3 is 15.4 Å². The summed E-state index contributed by atoms with van der Waals surface area (Å²) in [5.41, 5.74) is 7.82. The summed E-state index contributed by atoms with van der Waals surface area (Å²) in [5.74, 6) is -0.0285. The molecule has 1 unspecified atom stereocenters. The average molecular weight is 353 g/mol. The van der Waals surface area contributed by atoms with E-state index in [1.54, 1.807) is 23.1 Å². The Morgan fingerprint density at radius 3 is 2.75 bits per heavy atom. The Morgan fingerprint density at radius 2 is 2.08 bits per heavy atom. The van der Waals surface area contributed by atoms with Crippen molar-refractivity contribution in [3.8, 4) is 0 Å². The third-order valence-electron chi connectivity index (χ3n) is 4.86. The van der Waals surface area contributed by atoms with Gasteiger partial charge in [0.25, 0.3) is 0 Å². The third-order valence-corrected chi connectivity index (χ3v) is 6.27. The number of nitrogens with two attached hydrogens (primary N) is 1. The molecular weight excluding hydrogens is 330 g/mol. The predicted octanol–water partition coefficient (Wildman–Crippen LogP) is 0.238. The molecule has 3 N–H and O–H groups in total. The zero-order chi connectivity index (χ0) is 17.3. The molecule has 2 heterocycles. The largest absolute Gasteiger partial charge is 0.381 e. The van der Waals surface area contributed by atoms with Gasteiger partial charge in [-0.1, -0.05) is 6.07 Å². The molecule has 0 spiro atoms. The number of hydrogen-bond acceptors (Lipinski definition) is 5. The number of carbonyl (C=O) groups is 1. The summed E-state index contributed by atoms with van der Waals surface area (Å²) in [7, 11) is -2.18. The van der Waals surface area contributed by atoms with Gasteiger partial charge in [0, 0.05) is 25.4 Å². The van der Waals surface area contributed by atoms with E-state index in [4.69, 9.17) is 10.5 Å². The van der Waals surface area contributed by atoms with E-state index in [1.807, 2.05) is 0 Å². The molecule has 0 aromatic heterocycles. The highest BCUT2D eigenvalue weighted by molar-refractivity contribution is 7.89. The SMILES string of the molecule is CNS(=O)(=O)c1ccc2c(c1)N(C(=O)C(N)C1CCOCC1)CC2. The van der Waals surface area contributed by atoms with Crippen LogP contribution in [0.4, 0.5) is 5.69 Å². The zero-order valence-corrected chi connectivity index (χ0v) is 14.5. The first-order valence-corrected chi connectivity index (χ1v) is 9.63. The average Bonchev–Trinajstić information content (AvgIpc) is 3.04. The van der Waals surface area contributed by atoms with Crippen LogP contribution in [-0.2, 0) is 26.0 Å². The lowest BCUT2D eigenvalue weighted by molar-refractivity contribution is -0.121. The number of rotatable bonds is 4. The van der Waals surface area contributed by atoms with Crippen molar-refractivity contribution in [1.29, 1.82) is 0 Å². The molecule has 3 rings (SSSR count). The molecule has 1 amide bonds. The van der Waals surface area contributed by atoms with Crippen LogP contribution >= 0.6 is 0 Å². The van der Waals surface area contributed by atoms with Crippen LogP contribution < -0.4 is 15.4 Å². The number of hydrogen-bond donors (Lipinski definition) is 2. The van der Waals surface area contributed by atoms with Crippen LogP contribution in [0.2, 0.25) is 0 Å². The molecular formula is C16H23N3O4S. The number of ether oxygens (including phenoxy) is 1. The Balaban J connectivity index is 1.85. The molecule has 8 heteroatoms. The molecule has 0 aliphatic carbocycles. The number of fused-ring (bicyclic) bond motifs is 1. The molecule has 2 aliphatic rings. The number of amides is 1. The number of nitrogens with one attached hydrogen (secondary N) is 1. The molecule has 1 aromatic carbocycles. The van der Waals surface area contributed by atoms with E-state index in [1.165, 1.54) is 7.05 Å². The highest BCUT2D eigenvalue weighted by Gasteiger charge is 2.34. The minimum absolute atomic E-state index is 0.111. The van der Waals surface area contributed by atoms with Crippen LogP contribution in [0.15, 0.2) is 23.1 Å². The maximum atomic E-state index is 12.8.